The molecule has 1 unspecified atom stereocenters. The fourth-order valence-electron chi connectivity index (χ4n) is 11.6. The Morgan fingerprint density at radius 2 is 1.83 bits per heavy atom. The summed E-state index contributed by atoms with van der Waals surface area (Å²) in [6.07, 6.45) is 0.740. The Bertz CT molecular complexity index is 2440. The van der Waals surface area contributed by atoms with Crippen molar-refractivity contribution in [2.45, 2.75) is 69.7 Å². The quantitative estimate of drug-likeness (QED) is 0.233. The number of imide groups is 1. The molecule has 64 heavy (non-hydrogen) atoms. The lowest BCUT2D eigenvalue weighted by Gasteiger charge is -2.50. The van der Waals surface area contributed by atoms with Gasteiger partial charge in [0.05, 0.1) is 30.9 Å². The summed E-state index contributed by atoms with van der Waals surface area (Å²) in [6.45, 7) is 10.1. The molecule has 7 heterocycles. The molecule has 3 aromatic rings. The molecule has 4 amide bonds. The predicted molar refractivity (Wildman–Crippen MR) is 232 cm³/mol. The number of likely N-dealkylation sites (tertiary alicyclic amines) is 1. The summed E-state index contributed by atoms with van der Waals surface area (Å²) in [5.41, 5.74) is 5.21. The lowest BCUT2D eigenvalue weighted by Crippen LogP contribution is -2.60. The van der Waals surface area contributed by atoms with Gasteiger partial charge in [-0.25, -0.2) is 17.6 Å². The maximum absolute atomic E-state index is 16.4. The van der Waals surface area contributed by atoms with Gasteiger partial charge in [0.15, 0.2) is 0 Å². The number of piperidine rings is 1. The number of fused-ring (bicyclic) bond motifs is 5. The number of nitrogens with zero attached hydrogens (tertiary/aromatic N) is 6. The van der Waals surface area contributed by atoms with E-state index in [1.807, 2.05) is 22.8 Å². The number of carbonyl (C=O) groups is 4. The second-order valence-corrected chi connectivity index (χ2v) is 18.6. The van der Waals surface area contributed by atoms with Crippen LogP contribution in [0, 0.1) is 17.0 Å². The highest BCUT2D eigenvalue weighted by Crippen LogP contribution is 2.47. The van der Waals surface area contributed by atoms with Gasteiger partial charge >= 0.3 is 0 Å². The van der Waals surface area contributed by atoms with Crippen LogP contribution in [0.5, 0.6) is 5.75 Å². The van der Waals surface area contributed by atoms with Crippen LogP contribution in [0.4, 0.5) is 34.6 Å². The number of amides is 4. The standard InChI is InChI=1S/C47H52F4N8O5/c1-4-30-33-13-26(2)58(20-40(50)51)44(31(33)5-6-36(30)52-3)43-34(48)15-28(16-35(43)49)56-24-47(25-56)9-10-54(23-47)21-42(61)55-11-12-57-29(19-55)22-64-39-17-32-27(14-38(39)57)18-59(46(32)63)37-7-8-41(60)53-45(37)62/h4-6,14-17,26,29,37,40,44,52H,1,7-13,18-25H2,2-3H3,(H,53,60,62)/t26-,29+,37?,44+/m1/s1. The third-order valence-corrected chi connectivity index (χ3v) is 14.7. The van der Waals surface area contributed by atoms with E-state index in [0.717, 1.165) is 41.0 Å². The predicted octanol–water partition coefficient (Wildman–Crippen LogP) is 4.63. The second-order valence-electron chi connectivity index (χ2n) is 18.6. The summed E-state index contributed by atoms with van der Waals surface area (Å²) < 4.78 is 66.9. The minimum Gasteiger partial charge on any atom is -0.489 e. The van der Waals surface area contributed by atoms with Gasteiger partial charge in [0.2, 0.25) is 17.7 Å². The highest BCUT2D eigenvalue weighted by molar-refractivity contribution is 6.06. The number of piperazine rings is 1. The molecule has 10 rings (SSSR count). The average Bonchev–Trinajstić information content (AvgIpc) is 3.82. The number of nitrogens with one attached hydrogen (secondary N) is 2. The lowest BCUT2D eigenvalue weighted by molar-refractivity contribution is -0.137. The van der Waals surface area contributed by atoms with E-state index < -0.39 is 48.6 Å². The summed E-state index contributed by atoms with van der Waals surface area (Å²) >= 11 is 0. The molecule has 1 spiro atoms. The van der Waals surface area contributed by atoms with E-state index in [-0.39, 0.29) is 60.7 Å². The molecule has 338 valence electrons. The summed E-state index contributed by atoms with van der Waals surface area (Å²) in [7, 11) is 1.78. The van der Waals surface area contributed by atoms with E-state index in [1.54, 1.807) is 31.3 Å². The van der Waals surface area contributed by atoms with Crippen LogP contribution in [0.2, 0.25) is 0 Å². The molecule has 4 atom stereocenters. The number of alkyl halides is 2. The number of ether oxygens (including phenoxy) is 1. The SMILES string of the molecule is C=Cc1c(NC)ccc2c1C[C@@H](C)N(CC(F)F)[C@@H]2c1c(F)cc(N2CC3(CCN(CC(=O)N4CCN5c6cc7c(cc6OC[C@@H]5C4)C(=O)N(C4CCC(=O)NC4=O)C7)C3)C2)cc1F. The largest absolute Gasteiger partial charge is 0.489 e. The molecule has 0 aromatic heterocycles. The van der Waals surface area contributed by atoms with Crippen molar-refractivity contribution in [3.63, 3.8) is 0 Å². The Morgan fingerprint density at radius 3 is 2.55 bits per heavy atom. The normalized spacial score (nSPS) is 25.1. The van der Waals surface area contributed by atoms with Gasteiger partial charge in [-0.3, -0.25) is 34.3 Å². The van der Waals surface area contributed by atoms with Crippen molar-refractivity contribution in [3.8, 4) is 5.75 Å². The number of benzene rings is 3. The summed E-state index contributed by atoms with van der Waals surface area (Å²) in [5, 5.41) is 5.47. The van der Waals surface area contributed by atoms with Gasteiger partial charge in [-0.05, 0) is 79.8 Å². The van der Waals surface area contributed by atoms with Gasteiger partial charge in [-0.1, -0.05) is 18.7 Å². The minimum absolute atomic E-state index is 0.0275. The van der Waals surface area contributed by atoms with Crippen LogP contribution in [0.15, 0.2) is 43.0 Å². The van der Waals surface area contributed by atoms with E-state index in [0.29, 0.717) is 74.9 Å². The fraction of sp³-hybridized carbons (Fsp3) is 0.489. The highest BCUT2D eigenvalue weighted by Gasteiger charge is 2.49. The zero-order valence-corrected chi connectivity index (χ0v) is 36.0. The first-order valence-corrected chi connectivity index (χ1v) is 22.2. The number of rotatable bonds is 9. The maximum Gasteiger partial charge on any atom is 0.255 e. The molecule has 7 aliphatic heterocycles. The van der Waals surface area contributed by atoms with Crippen molar-refractivity contribution in [1.82, 2.24) is 24.9 Å². The summed E-state index contributed by atoms with van der Waals surface area (Å²) in [4.78, 5) is 62.7. The molecule has 4 fully saturated rings. The van der Waals surface area contributed by atoms with Crippen molar-refractivity contribution < 1.29 is 41.5 Å². The number of carbonyl (C=O) groups excluding carboxylic acids is 4. The third kappa shape index (κ3) is 7.14. The van der Waals surface area contributed by atoms with Crippen molar-refractivity contribution in [2.24, 2.45) is 5.41 Å². The smallest absolute Gasteiger partial charge is 0.255 e. The average molecular weight is 885 g/mol. The van der Waals surface area contributed by atoms with Gasteiger partial charge < -0.3 is 29.7 Å². The molecule has 0 saturated carbocycles. The molecule has 0 aliphatic carbocycles. The van der Waals surface area contributed by atoms with Crippen LogP contribution in [0.1, 0.15) is 70.4 Å². The molecular formula is C47H52F4N8O5. The van der Waals surface area contributed by atoms with Crippen LogP contribution in [-0.2, 0) is 27.3 Å². The molecule has 17 heteroatoms. The lowest BCUT2D eigenvalue weighted by atomic mass is 9.78. The van der Waals surface area contributed by atoms with E-state index in [2.05, 4.69) is 27.0 Å². The molecule has 0 bridgehead atoms. The van der Waals surface area contributed by atoms with E-state index in [9.17, 15) is 28.0 Å². The van der Waals surface area contributed by atoms with Gasteiger partial charge in [0, 0.05) is 98.8 Å². The van der Waals surface area contributed by atoms with Crippen LogP contribution in [0.3, 0.4) is 0 Å². The van der Waals surface area contributed by atoms with E-state index in [4.69, 9.17) is 4.74 Å². The zero-order valence-electron chi connectivity index (χ0n) is 36.0. The molecule has 4 saturated heterocycles. The van der Waals surface area contributed by atoms with Crippen LogP contribution in [-0.4, -0.2) is 140 Å². The number of anilines is 3. The first-order valence-electron chi connectivity index (χ1n) is 22.2. The highest BCUT2D eigenvalue weighted by atomic mass is 19.3. The van der Waals surface area contributed by atoms with Crippen LogP contribution >= 0.6 is 0 Å². The first-order chi connectivity index (χ1) is 30.7. The van der Waals surface area contributed by atoms with Crippen molar-refractivity contribution in [3.05, 3.63) is 88.0 Å². The molecule has 3 aromatic carbocycles. The summed E-state index contributed by atoms with van der Waals surface area (Å²) in [5.74, 6) is -1.98. The zero-order chi connectivity index (χ0) is 44.8. The van der Waals surface area contributed by atoms with E-state index in [1.165, 1.54) is 21.9 Å². The van der Waals surface area contributed by atoms with Gasteiger partial charge in [0.1, 0.15) is 30.0 Å². The Morgan fingerprint density at radius 1 is 1.05 bits per heavy atom. The molecule has 2 N–H and O–H groups in total. The second kappa shape index (κ2) is 16.1. The molecular weight excluding hydrogens is 833 g/mol. The van der Waals surface area contributed by atoms with Crippen LogP contribution in [0.25, 0.3) is 6.08 Å². The number of halogens is 4. The number of hydrogen-bond acceptors (Lipinski definition) is 10. The van der Waals surface area contributed by atoms with Crippen molar-refractivity contribution >= 4 is 46.8 Å². The third-order valence-electron chi connectivity index (χ3n) is 14.7. The monoisotopic (exact) mass is 884 g/mol. The first kappa shape index (κ1) is 42.3. The topological polar surface area (TPSA) is 121 Å². The maximum atomic E-state index is 16.4. The minimum atomic E-state index is -2.69. The Hall–Kier alpha value is -5.68. The number of hydrogen-bond donors (Lipinski definition) is 2. The van der Waals surface area contributed by atoms with Gasteiger partial charge in [-0.15, -0.1) is 0 Å². The van der Waals surface area contributed by atoms with Gasteiger partial charge in [-0.2, -0.15) is 0 Å². The fourth-order valence-corrected chi connectivity index (χ4v) is 11.6. The van der Waals surface area contributed by atoms with Gasteiger partial charge in [0.25, 0.3) is 12.3 Å². The molecule has 7 aliphatic rings. The van der Waals surface area contributed by atoms with E-state index >= 15 is 8.78 Å². The Labute approximate surface area is 368 Å². The molecule has 13 nitrogen and oxygen atoms in total. The molecule has 0 radical (unpaired) electrons. The Kier molecular flexibility index (Phi) is 10.6. The van der Waals surface area contributed by atoms with Crippen molar-refractivity contribution in [2.75, 3.05) is 87.7 Å². The van der Waals surface area contributed by atoms with Crippen molar-refractivity contribution in [1.29, 1.82) is 0 Å². The summed E-state index contributed by atoms with van der Waals surface area (Å²) in [6, 6.07) is 7.69. The van der Waals surface area contributed by atoms with Crippen LogP contribution < -0.4 is 25.2 Å². The Balaban J connectivity index is 0.768.